The van der Waals surface area contributed by atoms with E-state index >= 15 is 0 Å². The van der Waals surface area contributed by atoms with Crippen LogP contribution in [-0.2, 0) is 9.84 Å². The Balaban J connectivity index is 1.89. The molecule has 8 nitrogen and oxygen atoms in total. The maximum Gasteiger partial charge on any atom is 0.257 e. The number of ether oxygens (including phenoxy) is 2. The summed E-state index contributed by atoms with van der Waals surface area (Å²) in [6, 6.07) is 11.7. The zero-order valence-electron chi connectivity index (χ0n) is 16.9. The summed E-state index contributed by atoms with van der Waals surface area (Å²) in [6.45, 7) is -2.12. The molecule has 168 valence electrons. The van der Waals surface area contributed by atoms with Gasteiger partial charge in [0.1, 0.15) is 36.4 Å². The molecule has 1 aromatic carbocycles. The summed E-state index contributed by atoms with van der Waals surface area (Å²) >= 11 is 0. The monoisotopic (exact) mass is 463 g/mol. The summed E-state index contributed by atoms with van der Waals surface area (Å²) < 4.78 is 59.9. The topological polar surface area (TPSA) is 107 Å². The van der Waals surface area contributed by atoms with E-state index in [2.05, 4.69) is 15.3 Å². The average Bonchev–Trinajstić information content (AvgIpc) is 2.77. The standard InChI is InChI=1S/C21H19F2N3O5S/c1-32(28,29)20-6-5-15(13-25-20)30-16-8-14(9-17(10-16)31-18(11-22)12-23)21(27)26-19-4-2-3-7-24-19/h2-10,13,18H,11-12H2,1H3,(H,24,26,27). The molecular weight excluding hydrogens is 444 g/mol. The van der Waals surface area contributed by atoms with E-state index in [-0.39, 0.29) is 27.8 Å². The molecule has 1 amide bonds. The average molecular weight is 463 g/mol. The SMILES string of the molecule is CS(=O)(=O)c1ccc(Oc2cc(OC(CF)CF)cc(C(=O)Nc3ccccn3)c2)cn1. The highest BCUT2D eigenvalue weighted by Gasteiger charge is 2.16. The van der Waals surface area contributed by atoms with Crippen LogP contribution in [-0.4, -0.2) is 50.0 Å². The predicted molar refractivity (Wildman–Crippen MR) is 112 cm³/mol. The first-order valence-corrected chi connectivity index (χ1v) is 11.2. The summed E-state index contributed by atoms with van der Waals surface area (Å²) in [6.07, 6.45) is 2.38. The number of anilines is 1. The van der Waals surface area contributed by atoms with Crippen LogP contribution < -0.4 is 14.8 Å². The van der Waals surface area contributed by atoms with Gasteiger partial charge in [-0.3, -0.25) is 4.79 Å². The molecule has 0 radical (unpaired) electrons. The van der Waals surface area contributed by atoms with Gasteiger partial charge in [0.2, 0.25) is 0 Å². The van der Waals surface area contributed by atoms with Crippen molar-refractivity contribution < 1.29 is 31.5 Å². The van der Waals surface area contributed by atoms with Crippen LogP contribution in [0.2, 0.25) is 0 Å². The normalized spacial score (nSPS) is 11.2. The van der Waals surface area contributed by atoms with Crippen molar-refractivity contribution >= 4 is 21.6 Å². The van der Waals surface area contributed by atoms with Crippen LogP contribution in [0.15, 0.2) is 66.0 Å². The Kier molecular flexibility index (Phi) is 7.31. The first-order valence-electron chi connectivity index (χ1n) is 9.28. The van der Waals surface area contributed by atoms with E-state index < -0.39 is 35.2 Å². The quantitative estimate of drug-likeness (QED) is 0.517. The summed E-state index contributed by atoms with van der Waals surface area (Å²) in [5.41, 5.74) is 0.0836. The first kappa shape index (κ1) is 23.1. The molecule has 3 aromatic rings. The molecule has 32 heavy (non-hydrogen) atoms. The third-order valence-corrected chi connectivity index (χ3v) is 5.02. The predicted octanol–water partition coefficient (Wildman–Crippen LogP) is 3.61. The van der Waals surface area contributed by atoms with Gasteiger partial charge in [0, 0.05) is 24.1 Å². The van der Waals surface area contributed by atoms with E-state index in [0.29, 0.717) is 5.82 Å². The van der Waals surface area contributed by atoms with Crippen LogP contribution >= 0.6 is 0 Å². The van der Waals surface area contributed by atoms with Crippen molar-refractivity contribution in [1.82, 2.24) is 9.97 Å². The lowest BCUT2D eigenvalue weighted by Gasteiger charge is -2.15. The molecule has 3 rings (SSSR count). The minimum Gasteiger partial charge on any atom is -0.485 e. The number of hydrogen-bond acceptors (Lipinski definition) is 7. The molecule has 1 N–H and O–H groups in total. The smallest absolute Gasteiger partial charge is 0.257 e. The molecule has 2 aromatic heterocycles. The van der Waals surface area contributed by atoms with Gasteiger partial charge in [-0.25, -0.2) is 27.2 Å². The number of rotatable bonds is 9. The van der Waals surface area contributed by atoms with Crippen LogP contribution in [0.25, 0.3) is 0 Å². The van der Waals surface area contributed by atoms with Crippen molar-refractivity contribution in [3.63, 3.8) is 0 Å². The van der Waals surface area contributed by atoms with Crippen molar-refractivity contribution in [2.24, 2.45) is 0 Å². The Labute approximate surface area is 183 Å². The minimum atomic E-state index is -3.48. The Morgan fingerprint density at radius 3 is 2.38 bits per heavy atom. The summed E-state index contributed by atoms with van der Waals surface area (Å²) in [7, 11) is -3.48. The van der Waals surface area contributed by atoms with Crippen molar-refractivity contribution in [3.05, 3.63) is 66.5 Å². The fourth-order valence-electron chi connectivity index (χ4n) is 2.53. The molecule has 2 heterocycles. The largest absolute Gasteiger partial charge is 0.485 e. The lowest BCUT2D eigenvalue weighted by Crippen LogP contribution is -2.21. The third kappa shape index (κ3) is 6.20. The highest BCUT2D eigenvalue weighted by Crippen LogP contribution is 2.29. The van der Waals surface area contributed by atoms with Gasteiger partial charge in [-0.15, -0.1) is 0 Å². The molecule has 0 bridgehead atoms. The van der Waals surface area contributed by atoms with Crippen LogP contribution in [0.1, 0.15) is 10.4 Å². The number of carbonyl (C=O) groups is 1. The zero-order valence-corrected chi connectivity index (χ0v) is 17.7. The van der Waals surface area contributed by atoms with Crippen molar-refractivity contribution in [3.8, 4) is 17.2 Å². The molecule has 0 spiro atoms. The fourth-order valence-corrected chi connectivity index (χ4v) is 3.09. The molecule has 11 heteroatoms. The fraction of sp³-hybridized carbons (Fsp3) is 0.190. The molecular formula is C21H19F2N3O5S. The Hall–Kier alpha value is -3.60. The lowest BCUT2D eigenvalue weighted by molar-refractivity contribution is 0.102. The molecule has 0 saturated heterocycles. The number of halogens is 2. The Morgan fingerprint density at radius 1 is 1.03 bits per heavy atom. The molecule has 0 aliphatic rings. The Morgan fingerprint density at radius 2 is 1.78 bits per heavy atom. The number of nitrogens with zero attached hydrogens (tertiary/aromatic N) is 2. The van der Waals surface area contributed by atoms with Gasteiger partial charge in [0.05, 0.1) is 6.20 Å². The Bertz CT molecular complexity index is 1170. The number of pyridine rings is 2. The summed E-state index contributed by atoms with van der Waals surface area (Å²) in [4.78, 5) is 20.5. The number of benzene rings is 1. The van der Waals surface area contributed by atoms with Gasteiger partial charge in [-0.2, -0.15) is 0 Å². The molecule has 0 saturated carbocycles. The second-order valence-electron chi connectivity index (χ2n) is 6.62. The third-order valence-electron chi connectivity index (χ3n) is 4.02. The molecule has 0 aliphatic carbocycles. The zero-order chi connectivity index (χ0) is 23.1. The summed E-state index contributed by atoms with van der Waals surface area (Å²) in [5, 5.41) is 2.46. The number of sulfone groups is 1. The van der Waals surface area contributed by atoms with Crippen LogP contribution in [0.4, 0.5) is 14.6 Å². The van der Waals surface area contributed by atoms with Gasteiger partial charge < -0.3 is 14.8 Å². The molecule has 0 aliphatic heterocycles. The van der Waals surface area contributed by atoms with Gasteiger partial charge in [0.25, 0.3) is 5.91 Å². The number of hydrogen-bond donors (Lipinski definition) is 1. The van der Waals surface area contributed by atoms with Gasteiger partial charge in [0.15, 0.2) is 21.0 Å². The maximum atomic E-state index is 12.9. The van der Waals surface area contributed by atoms with E-state index in [1.54, 1.807) is 18.2 Å². The van der Waals surface area contributed by atoms with Crippen molar-refractivity contribution in [1.29, 1.82) is 0 Å². The van der Waals surface area contributed by atoms with Gasteiger partial charge >= 0.3 is 0 Å². The minimum absolute atomic E-state index is 0.00897. The molecule has 0 unspecified atom stereocenters. The second-order valence-corrected chi connectivity index (χ2v) is 8.58. The van der Waals surface area contributed by atoms with Gasteiger partial charge in [-0.05, 0) is 36.4 Å². The van der Waals surface area contributed by atoms with E-state index in [1.807, 2.05) is 0 Å². The maximum absolute atomic E-state index is 12.9. The molecule has 0 atom stereocenters. The highest BCUT2D eigenvalue weighted by molar-refractivity contribution is 7.90. The highest BCUT2D eigenvalue weighted by atomic mass is 32.2. The number of nitrogens with one attached hydrogen (secondary N) is 1. The van der Waals surface area contributed by atoms with E-state index in [9.17, 15) is 22.0 Å². The van der Waals surface area contributed by atoms with E-state index in [4.69, 9.17) is 9.47 Å². The first-order chi connectivity index (χ1) is 15.3. The van der Waals surface area contributed by atoms with Crippen molar-refractivity contribution in [2.75, 3.05) is 24.9 Å². The van der Waals surface area contributed by atoms with Gasteiger partial charge in [-0.1, -0.05) is 6.07 Å². The van der Waals surface area contributed by atoms with Crippen LogP contribution in [0.3, 0.4) is 0 Å². The molecule has 0 fully saturated rings. The van der Waals surface area contributed by atoms with E-state index in [0.717, 1.165) is 6.26 Å². The second kappa shape index (κ2) is 10.1. The van der Waals surface area contributed by atoms with E-state index in [1.165, 1.54) is 42.7 Å². The number of carbonyl (C=O) groups excluding carboxylic acids is 1. The summed E-state index contributed by atoms with van der Waals surface area (Å²) in [5.74, 6) is 0.0470. The van der Waals surface area contributed by atoms with Crippen LogP contribution in [0, 0.1) is 0 Å². The lowest BCUT2D eigenvalue weighted by atomic mass is 10.2. The number of amides is 1. The number of alkyl halides is 2. The number of aromatic nitrogens is 2. The van der Waals surface area contributed by atoms with Crippen molar-refractivity contribution in [2.45, 2.75) is 11.1 Å². The van der Waals surface area contributed by atoms with Crippen LogP contribution in [0.5, 0.6) is 17.2 Å².